The number of nitrogen functional groups attached to an aromatic ring is 1. The molecule has 2 aliphatic heterocycles. The molecular formula is C13H21N3OS. The van der Waals surface area contributed by atoms with Crippen LogP contribution in [0.25, 0.3) is 0 Å². The van der Waals surface area contributed by atoms with Crippen molar-refractivity contribution in [1.29, 1.82) is 0 Å². The van der Waals surface area contributed by atoms with Gasteiger partial charge in [-0.15, -0.1) is 0 Å². The molecule has 18 heavy (non-hydrogen) atoms. The predicted molar refractivity (Wildman–Crippen MR) is 74.9 cm³/mol. The molecule has 0 amide bonds. The molecular weight excluding hydrogens is 246 g/mol. The SMILES string of the molecule is Cc1cn(C2CCOC3(CCSCC3)C2)nc1N. The Hall–Kier alpha value is -0.680. The molecule has 1 aromatic heterocycles. The van der Waals surface area contributed by atoms with Crippen LogP contribution in [0.4, 0.5) is 5.82 Å². The molecule has 1 aromatic rings. The number of nitrogens with two attached hydrogens (primary N) is 1. The van der Waals surface area contributed by atoms with Gasteiger partial charge in [0, 0.05) is 18.4 Å². The van der Waals surface area contributed by atoms with E-state index in [-0.39, 0.29) is 5.60 Å². The minimum atomic E-state index is 0.114. The Morgan fingerprint density at radius 2 is 2.28 bits per heavy atom. The van der Waals surface area contributed by atoms with Gasteiger partial charge in [0.25, 0.3) is 0 Å². The highest BCUT2D eigenvalue weighted by molar-refractivity contribution is 7.99. The van der Waals surface area contributed by atoms with E-state index in [0.717, 1.165) is 25.0 Å². The highest BCUT2D eigenvalue weighted by atomic mass is 32.2. The van der Waals surface area contributed by atoms with Gasteiger partial charge >= 0.3 is 0 Å². The zero-order chi connectivity index (χ0) is 12.6. The molecule has 0 aliphatic carbocycles. The van der Waals surface area contributed by atoms with E-state index < -0.39 is 0 Å². The second-order valence-electron chi connectivity index (χ2n) is 5.47. The molecule has 3 rings (SSSR count). The predicted octanol–water partition coefficient (Wildman–Crippen LogP) is 2.39. The van der Waals surface area contributed by atoms with Crippen molar-refractivity contribution in [3.8, 4) is 0 Å². The largest absolute Gasteiger partial charge is 0.382 e. The van der Waals surface area contributed by atoms with E-state index in [9.17, 15) is 0 Å². The Balaban J connectivity index is 1.77. The van der Waals surface area contributed by atoms with Gasteiger partial charge in [0.1, 0.15) is 5.82 Å². The fourth-order valence-corrected chi connectivity index (χ4v) is 4.24. The molecule has 1 spiro atoms. The standard InChI is InChI=1S/C13H21N3OS/c1-10-9-16(15-12(10)14)11-2-5-17-13(8-11)3-6-18-7-4-13/h9,11H,2-8H2,1H3,(H2,14,15). The number of thioether (sulfide) groups is 1. The minimum absolute atomic E-state index is 0.114. The van der Waals surface area contributed by atoms with Gasteiger partial charge in [-0.1, -0.05) is 0 Å². The number of aryl methyl sites for hydroxylation is 1. The minimum Gasteiger partial charge on any atom is -0.382 e. The molecule has 2 aliphatic rings. The van der Waals surface area contributed by atoms with Crippen molar-refractivity contribution in [2.24, 2.45) is 0 Å². The number of anilines is 1. The third-order valence-electron chi connectivity index (χ3n) is 4.20. The summed E-state index contributed by atoms with van der Waals surface area (Å²) in [5.74, 6) is 3.12. The van der Waals surface area contributed by atoms with Crippen LogP contribution in [0.1, 0.15) is 37.3 Å². The fourth-order valence-electron chi connectivity index (χ4n) is 3.00. The number of aromatic nitrogens is 2. The number of rotatable bonds is 1. The van der Waals surface area contributed by atoms with Crippen molar-refractivity contribution in [1.82, 2.24) is 9.78 Å². The zero-order valence-corrected chi connectivity index (χ0v) is 11.7. The molecule has 0 bridgehead atoms. The first-order valence-corrected chi connectivity index (χ1v) is 7.87. The maximum atomic E-state index is 6.11. The van der Waals surface area contributed by atoms with Crippen molar-refractivity contribution in [3.05, 3.63) is 11.8 Å². The highest BCUT2D eigenvalue weighted by Crippen LogP contribution is 2.41. The van der Waals surface area contributed by atoms with Gasteiger partial charge in [-0.25, -0.2) is 0 Å². The summed E-state index contributed by atoms with van der Waals surface area (Å²) in [4.78, 5) is 0. The summed E-state index contributed by atoms with van der Waals surface area (Å²) in [7, 11) is 0. The fraction of sp³-hybridized carbons (Fsp3) is 0.769. The van der Waals surface area contributed by atoms with Crippen molar-refractivity contribution in [2.45, 2.75) is 44.2 Å². The molecule has 1 atom stereocenters. The summed E-state index contributed by atoms with van der Waals surface area (Å²) in [5, 5.41) is 4.45. The van der Waals surface area contributed by atoms with E-state index in [4.69, 9.17) is 10.5 Å². The molecule has 100 valence electrons. The molecule has 2 N–H and O–H groups in total. The second-order valence-corrected chi connectivity index (χ2v) is 6.69. The number of ether oxygens (including phenoxy) is 1. The average Bonchev–Trinajstić information content (AvgIpc) is 2.71. The molecule has 0 radical (unpaired) electrons. The summed E-state index contributed by atoms with van der Waals surface area (Å²) in [6, 6.07) is 0.456. The van der Waals surface area contributed by atoms with E-state index >= 15 is 0 Å². The lowest BCUT2D eigenvalue weighted by atomic mass is 9.85. The van der Waals surface area contributed by atoms with Gasteiger partial charge in [0.15, 0.2) is 0 Å². The summed E-state index contributed by atoms with van der Waals surface area (Å²) in [5.41, 5.74) is 7.04. The van der Waals surface area contributed by atoms with Crippen LogP contribution >= 0.6 is 11.8 Å². The third kappa shape index (κ3) is 2.26. The van der Waals surface area contributed by atoms with E-state index in [1.165, 1.54) is 24.3 Å². The molecule has 0 saturated carbocycles. The van der Waals surface area contributed by atoms with E-state index in [2.05, 4.69) is 16.0 Å². The molecule has 3 heterocycles. The summed E-state index contributed by atoms with van der Waals surface area (Å²) < 4.78 is 8.18. The van der Waals surface area contributed by atoms with Gasteiger partial charge in [-0.05, 0) is 44.1 Å². The van der Waals surface area contributed by atoms with Gasteiger partial charge in [0.05, 0.1) is 11.6 Å². The molecule has 0 aromatic carbocycles. The summed E-state index contributed by atoms with van der Waals surface area (Å²) >= 11 is 2.04. The topological polar surface area (TPSA) is 53.1 Å². The van der Waals surface area contributed by atoms with Crippen LogP contribution in [-0.4, -0.2) is 33.5 Å². The number of nitrogens with zero attached hydrogens (tertiary/aromatic N) is 2. The maximum Gasteiger partial charge on any atom is 0.148 e. The van der Waals surface area contributed by atoms with Crippen molar-refractivity contribution < 1.29 is 4.74 Å². The lowest BCUT2D eigenvalue weighted by Crippen LogP contribution is -2.43. The van der Waals surface area contributed by atoms with Gasteiger partial charge in [0.2, 0.25) is 0 Å². The number of hydrogen-bond acceptors (Lipinski definition) is 4. The first kappa shape index (κ1) is 12.4. The number of hydrogen-bond donors (Lipinski definition) is 1. The normalized spacial score (nSPS) is 27.5. The Morgan fingerprint density at radius 3 is 2.94 bits per heavy atom. The Labute approximate surface area is 112 Å². The lowest BCUT2D eigenvalue weighted by molar-refractivity contribution is -0.100. The van der Waals surface area contributed by atoms with Crippen LogP contribution in [0.5, 0.6) is 0 Å². The molecule has 5 heteroatoms. The zero-order valence-electron chi connectivity index (χ0n) is 10.9. The van der Waals surface area contributed by atoms with Crippen LogP contribution in [0.15, 0.2) is 6.20 Å². The molecule has 2 saturated heterocycles. The van der Waals surface area contributed by atoms with Gasteiger partial charge in [-0.2, -0.15) is 16.9 Å². The summed E-state index contributed by atoms with van der Waals surface area (Å²) in [6.45, 7) is 2.87. The van der Waals surface area contributed by atoms with E-state index in [1.54, 1.807) is 0 Å². The van der Waals surface area contributed by atoms with Crippen LogP contribution in [-0.2, 0) is 4.74 Å². The quantitative estimate of drug-likeness (QED) is 0.849. The van der Waals surface area contributed by atoms with Crippen LogP contribution in [0.3, 0.4) is 0 Å². The Morgan fingerprint density at radius 1 is 1.50 bits per heavy atom. The Kier molecular flexibility index (Phi) is 3.28. The summed E-state index contributed by atoms with van der Waals surface area (Å²) in [6.07, 6.45) is 6.59. The first-order chi connectivity index (χ1) is 8.69. The average molecular weight is 267 g/mol. The molecule has 4 nitrogen and oxygen atoms in total. The Bertz CT molecular complexity index is 401. The third-order valence-corrected chi connectivity index (χ3v) is 5.18. The van der Waals surface area contributed by atoms with Crippen molar-refractivity contribution >= 4 is 17.6 Å². The first-order valence-electron chi connectivity index (χ1n) is 6.71. The van der Waals surface area contributed by atoms with Crippen molar-refractivity contribution in [3.63, 3.8) is 0 Å². The van der Waals surface area contributed by atoms with Gasteiger partial charge < -0.3 is 10.5 Å². The smallest absolute Gasteiger partial charge is 0.148 e. The molecule has 2 fully saturated rings. The van der Waals surface area contributed by atoms with Gasteiger partial charge in [-0.3, -0.25) is 4.68 Å². The monoisotopic (exact) mass is 267 g/mol. The van der Waals surface area contributed by atoms with Crippen LogP contribution in [0.2, 0.25) is 0 Å². The van der Waals surface area contributed by atoms with E-state index in [0.29, 0.717) is 11.9 Å². The van der Waals surface area contributed by atoms with Crippen LogP contribution < -0.4 is 5.73 Å². The van der Waals surface area contributed by atoms with Crippen molar-refractivity contribution in [2.75, 3.05) is 23.8 Å². The second kappa shape index (κ2) is 4.78. The van der Waals surface area contributed by atoms with Crippen LogP contribution in [0, 0.1) is 6.92 Å². The van der Waals surface area contributed by atoms with E-state index in [1.807, 2.05) is 18.7 Å². The molecule has 1 unspecified atom stereocenters. The lowest BCUT2D eigenvalue weighted by Gasteiger charge is -2.43. The maximum absolute atomic E-state index is 6.11. The highest BCUT2D eigenvalue weighted by Gasteiger charge is 2.39.